The summed E-state index contributed by atoms with van der Waals surface area (Å²) in [5.74, 6) is 0. The molecule has 2 nitrogen and oxygen atoms in total. The van der Waals surface area contributed by atoms with Gasteiger partial charge in [0, 0.05) is 6.42 Å². The van der Waals surface area contributed by atoms with Crippen LogP contribution in [0.5, 0.6) is 0 Å². The lowest BCUT2D eigenvalue weighted by atomic mass is 10.3. The summed E-state index contributed by atoms with van der Waals surface area (Å²) in [5.41, 5.74) is 0. The molecule has 0 saturated carbocycles. The van der Waals surface area contributed by atoms with E-state index in [0.29, 0.717) is 4.48 Å². The van der Waals surface area contributed by atoms with Crippen molar-refractivity contribution in [3.8, 4) is 0 Å². The first kappa shape index (κ1) is 8.92. The molecule has 2 heteroatoms. The zero-order chi connectivity index (χ0) is 7.49. The highest BCUT2D eigenvalue weighted by atomic mass is 16.3. The summed E-state index contributed by atoms with van der Waals surface area (Å²) >= 11 is 0. The summed E-state index contributed by atoms with van der Waals surface area (Å²) < 4.78 is 0.647. The molecule has 0 spiro atoms. The second-order valence-corrected chi connectivity index (χ2v) is 3.39. The second-order valence-electron chi connectivity index (χ2n) is 3.39. The molecule has 0 aliphatic heterocycles. The summed E-state index contributed by atoms with van der Waals surface area (Å²) in [6.07, 6.45) is 1.75. The van der Waals surface area contributed by atoms with Gasteiger partial charge in [-0.1, -0.05) is 6.92 Å². The van der Waals surface area contributed by atoms with E-state index in [2.05, 4.69) is 6.92 Å². The monoisotopic (exact) mass is 132 g/mol. The minimum absolute atomic E-state index is 0.199. The van der Waals surface area contributed by atoms with Crippen molar-refractivity contribution in [2.24, 2.45) is 0 Å². The number of hydrogen-bond donors (Lipinski definition) is 1. The summed E-state index contributed by atoms with van der Waals surface area (Å²) in [4.78, 5) is 0. The van der Waals surface area contributed by atoms with Crippen LogP contribution < -0.4 is 0 Å². The maximum Gasteiger partial charge on any atom is 0.189 e. The molecule has 0 saturated heterocycles. The van der Waals surface area contributed by atoms with Gasteiger partial charge in [0.15, 0.2) is 6.23 Å². The Hall–Kier alpha value is -0.0800. The molecule has 56 valence electrons. The van der Waals surface area contributed by atoms with Gasteiger partial charge in [-0.2, -0.15) is 0 Å². The van der Waals surface area contributed by atoms with Crippen molar-refractivity contribution in [2.45, 2.75) is 26.0 Å². The van der Waals surface area contributed by atoms with Crippen molar-refractivity contribution in [1.82, 2.24) is 0 Å². The summed E-state index contributed by atoms with van der Waals surface area (Å²) in [6, 6.07) is 0. The van der Waals surface area contributed by atoms with E-state index < -0.39 is 0 Å². The van der Waals surface area contributed by atoms with Gasteiger partial charge in [0.2, 0.25) is 0 Å². The van der Waals surface area contributed by atoms with Crippen molar-refractivity contribution in [3.63, 3.8) is 0 Å². The SMILES string of the molecule is CCCC(O)[N+](C)(C)C. The van der Waals surface area contributed by atoms with E-state index in [1.54, 1.807) is 0 Å². The van der Waals surface area contributed by atoms with E-state index in [1.807, 2.05) is 21.1 Å². The van der Waals surface area contributed by atoms with Gasteiger partial charge < -0.3 is 9.59 Å². The number of aliphatic hydroxyl groups excluding tert-OH is 1. The van der Waals surface area contributed by atoms with Gasteiger partial charge in [-0.3, -0.25) is 0 Å². The lowest BCUT2D eigenvalue weighted by molar-refractivity contribution is -0.919. The Balaban J connectivity index is 3.59. The van der Waals surface area contributed by atoms with Crippen LogP contribution in [0, 0.1) is 0 Å². The maximum atomic E-state index is 9.36. The van der Waals surface area contributed by atoms with E-state index in [9.17, 15) is 5.11 Å². The number of rotatable bonds is 3. The summed E-state index contributed by atoms with van der Waals surface area (Å²) in [6.45, 7) is 2.08. The molecular formula is C7H18NO+. The van der Waals surface area contributed by atoms with Gasteiger partial charge in [0.05, 0.1) is 21.1 Å². The standard InChI is InChI=1S/C7H18NO/c1-5-6-7(9)8(2,3)4/h7,9H,5-6H2,1-4H3/q+1. The first-order valence-corrected chi connectivity index (χ1v) is 3.47. The Bertz CT molecular complexity index is 75.5. The summed E-state index contributed by atoms with van der Waals surface area (Å²) in [7, 11) is 6.00. The molecule has 1 unspecified atom stereocenters. The van der Waals surface area contributed by atoms with Gasteiger partial charge in [0.25, 0.3) is 0 Å². The Kier molecular flexibility index (Phi) is 3.15. The molecule has 0 bridgehead atoms. The third kappa shape index (κ3) is 3.49. The highest BCUT2D eigenvalue weighted by Gasteiger charge is 2.18. The van der Waals surface area contributed by atoms with Gasteiger partial charge in [-0.15, -0.1) is 0 Å². The number of nitrogens with zero attached hydrogens (tertiary/aromatic N) is 1. The highest BCUT2D eigenvalue weighted by Crippen LogP contribution is 2.05. The molecule has 9 heavy (non-hydrogen) atoms. The molecule has 0 amide bonds. The Labute approximate surface area is 57.7 Å². The lowest BCUT2D eigenvalue weighted by Crippen LogP contribution is -2.44. The fraction of sp³-hybridized carbons (Fsp3) is 1.00. The molecule has 0 aromatic heterocycles. The first-order chi connectivity index (χ1) is 3.98. The van der Waals surface area contributed by atoms with Gasteiger partial charge >= 0.3 is 0 Å². The minimum atomic E-state index is -0.199. The average molecular weight is 132 g/mol. The molecule has 0 fully saturated rings. The molecule has 0 aromatic carbocycles. The van der Waals surface area contributed by atoms with Crippen LogP contribution in [0.15, 0.2) is 0 Å². The van der Waals surface area contributed by atoms with E-state index in [4.69, 9.17) is 0 Å². The van der Waals surface area contributed by atoms with Crippen LogP contribution in [0.4, 0.5) is 0 Å². The fourth-order valence-electron chi connectivity index (χ4n) is 0.645. The lowest BCUT2D eigenvalue weighted by Gasteiger charge is -2.29. The Morgan fingerprint density at radius 2 is 1.78 bits per heavy atom. The fourth-order valence-corrected chi connectivity index (χ4v) is 0.645. The third-order valence-electron chi connectivity index (χ3n) is 1.44. The van der Waals surface area contributed by atoms with Crippen LogP contribution >= 0.6 is 0 Å². The summed E-state index contributed by atoms with van der Waals surface area (Å²) in [5, 5.41) is 9.36. The second kappa shape index (κ2) is 3.18. The van der Waals surface area contributed by atoms with Crippen molar-refractivity contribution in [3.05, 3.63) is 0 Å². The van der Waals surface area contributed by atoms with Crippen molar-refractivity contribution in [1.29, 1.82) is 0 Å². The van der Waals surface area contributed by atoms with E-state index in [1.165, 1.54) is 0 Å². The number of aliphatic hydroxyl groups is 1. The zero-order valence-corrected chi connectivity index (χ0v) is 6.89. The average Bonchev–Trinajstić information content (AvgIpc) is 1.64. The molecule has 0 heterocycles. The smallest absolute Gasteiger partial charge is 0.189 e. The van der Waals surface area contributed by atoms with Gasteiger partial charge in [-0.25, -0.2) is 0 Å². The van der Waals surface area contributed by atoms with Crippen LogP contribution in [0.2, 0.25) is 0 Å². The topological polar surface area (TPSA) is 20.2 Å². The Morgan fingerprint density at radius 1 is 1.33 bits per heavy atom. The first-order valence-electron chi connectivity index (χ1n) is 3.47. The van der Waals surface area contributed by atoms with Crippen molar-refractivity contribution < 1.29 is 9.59 Å². The predicted molar refractivity (Wildman–Crippen MR) is 38.9 cm³/mol. The van der Waals surface area contributed by atoms with Crippen molar-refractivity contribution in [2.75, 3.05) is 21.1 Å². The predicted octanol–water partition coefficient (Wildman–Crippen LogP) is 0.811. The zero-order valence-electron chi connectivity index (χ0n) is 6.89. The van der Waals surface area contributed by atoms with Gasteiger partial charge in [-0.05, 0) is 6.42 Å². The van der Waals surface area contributed by atoms with Crippen LogP contribution in [-0.2, 0) is 0 Å². The maximum absolute atomic E-state index is 9.36. The molecule has 0 aliphatic rings. The van der Waals surface area contributed by atoms with E-state index in [0.717, 1.165) is 12.8 Å². The minimum Gasteiger partial charge on any atom is -0.345 e. The Morgan fingerprint density at radius 3 is 1.89 bits per heavy atom. The van der Waals surface area contributed by atoms with Crippen LogP contribution in [0.3, 0.4) is 0 Å². The molecular weight excluding hydrogens is 114 g/mol. The number of hydrogen-bond acceptors (Lipinski definition) is 1. The highest BCUT2D eigenvalue weighted by molar-refractivity contribution is 4.37. The molecule has 0 aliphatic carbocycles. The van der Waals surface area contributed by atoms with Crippen LogP contribution in [0.25, 0.3) is 0 Å². The molecule has 0 aromatic rings. The van der Waals surface area contributed by atoms with E-state index in [-0.39, 0.29) is 6.23 Å². The molecule has 1 N–H and O–H groups in total. The largest absolute Gasteiger partial charge is 0.345 e. The quantitative estimate of drug-likeness (QED) is 0.445. The van der Waals surface area contributed by atoms with E-state index >= 15 is 0 Å². The van der Waals surface area contributed by atoms with Gasteiger partial charge in [0.1, 0.15) is 0 Å². The van der Waals surface area contributed by atoms with Crippen LogP contribution in [0.1, 0.15) is 19.8 Å². The van der Waals surface area contributed by atoms with Crippen molar-refractivity contribution >= 4 is 0 Å². The number of quaternary nitrogens is 1. The molecule has 0 rings (SSSR count). The molecule has 1 atom stereocenters. The third-order valence-corrected chi connectivity index (χ3v) is 1.44. The normalized spacial score (nSPS) is 15.7. The molecule has 0 radical (unpaired) electrons. The van der Waals surface area contributed by atoms with Crippen LogP contribution in [-0.4, -0.2) is 37.0 Å².